The fraction of sp³-hybridized carbons (Fsp3) is 0.600. The van der Waals surface area contributed by atoms with Crippen LogP contribution in [-0.4, -0.2) is 13.2 Å². The van der Waals surface area contributed by atoms with Crippen LogP contribution in [0.1, 0.15) is 26.7 Å². The van der Waals surface area contributed by atoms with E-state index in [2.05, 4.69) is 22.5 Å². The number of unbranched alkanes of at least 4 members (excludes halogenated alkanes) is 1. The molecule has 0 saturated carbocycles. The van der Waals surface area contributed by atoms with Gasteiger partial charge in [0.1, 0.15) is 4.22 Å². The molecule has 0 saturated heterocycles. The fourth-order valence-electron chi connectivity index (χ4n) is 0.933. The highest BCUT2D eigenvalue weighted by molar-refractivity contribution is 9.13. The van der Waals surface area contributed by atoms with Gasteiger partial charge in [0, 0.05) is 0 Å². The summed E-state index contributed by atoms with van der Waals surface area (Å²) < 4.78 is 22.9. The molecule has 15 heavy (non-hydrogen) atoms. The minimum atomic E-state index is -3.11. The number of hydrogen-bond acceptors (Lipinski definition) is 3. The highest BCUT2D eigenvalue weighted by Crippen LogP contribution is 2.58. The van der Waals surface area contributed by atoms with Crippen molar-refractivity contribution in [2.75, 3.05) is 13.2 Å². The molecule has 0 bridgehead atoms. The van der Waals surface area contributed by atoms with Gasteiger partial charge in [0.2, 0.25) is 0 Å². The first-order valence-electron chi connectivity index (χ1n) is 4.97. The molecule has 0 aromatic carbocycles. The van der Waals surface area contributed by atoms with Crippen LogP contribution < -0.4 is 0 Å². The Morgan fingerprint density at radius 3 is 2.27 bits per heavy atom. The van der Waals surface area contributed by atoms with Crippen LogP contribution >= 0.6 is 23.5 Å². The van der Waals surface area contributed by atoms with Crippen LogP contribution in [0.5, 0.6) is 0 Å². The number of hydrogen-bond donors (Lipinski definition) is 0. The summed E-state index contributed by atoms with van der Waals surface area (Å²) in [4.78, 5) is 0. The maximum atomic E-state index is 12.1. The van der Waals surface area contributed by atoms with Crippen LogP contribution in [0.3, 0.4) is 0 Å². The first-order chi connectivity index (χ1) is 7.10. The third-order valence-electron chi connectivity index (χ3n) is 1.54. The van der Waals surface area contributed by atoms with Gasteiger partial charge in [-0.25, -0.2) is 0 Å². The highest BCUT2D eigenvalue weighted by Gasteiger charge is 2.27. The first kappa shape index (κ1) is 15.1. The molecule has 0 fully saturated rings. The van der Waals surface area contributed by atoms with Gasteiger partial charge in [-0.15, -0.1) is 6.58 Å². The van der Waals surface area contributed by atoms with Crippen LogP contribution in [0.25, 0.3) is 0 Å². The molecule has 0 radical (unpaired) electrons. The Kier molecular flexibility index (Phi) is 8.34. The monoisotopic (exact) mass is 296 g/mol. The summed E-state index contributed by atoms with van der Waals surface area (Å²) in [5.74, 6) is 0. The van der Waals surface area contributed by atoms with Gasteiger partial charge in [-0.05, 0) is 42.6 Å². The third kappa shape index (κ3) is 5.67. The standard InChI is InChI=1S/C10H18BrO3P/c1-4-7-8-9-10(11)15(12,13-5-2)14-6-3/h4,9H,1,5-8H2,2-3H3/b10-9-. The van der Waals surface area contributed by atoms with E-state index in [-0.39, 0.29) is 0 Å². The molecule has 0 N–H and O–H groups in total. The molecule has 0 amide bonds. The predicted octanol–water partition coefficient (Wildman–Crippen LogP) is 4.46. The van der Waals surface area contributed by atoms with Gasteiger partial charge >= 0.3 is 7.60 Å². The van der Waals surface area contributed by atoms with Gasteiger partial charge in [-0.3, -0.25) is 4.57 Å². The van der Waals surface area contributed by atoms with E-state index in [0.29, 0.717) is 17.4 Å². The van der Waals surface area contributed by atoms with Gasteiger partial charge in [0.05, 0.1) is 13.2 Å². The average Bonchev–Trinajstić information content (AvgIpc) is 2.18. The topological polar surface area (TPSA) is 35.5 Å². The van der Waals surface area contributed by atoms with E-state index in [1.54, 1.807) is 13.8 Å². The molecule has 0 spiro atoms. The van der Waals surface area contributed by atoms with Gasteiger partial charge in [-0.2, -0.15) is 0 Å². The third-order valence-corrected chi connectivity index (χ3v) is 5.07. The lowest BCUT2D eigenvalue weighted by atomic mass is 10.3. The van der Waals surface area contributed by atoms with Crippen molar-refractivity contribution < 1.29 is 13.6 Å². The maximum absolute atomic E-state index is 12.1. The molecule has 0 aliphatic heterocycles. The van der Waals surface area contributed by atoms with Crippen molar-refractivity contribution in [3.05, 3.63) is 23.0 Å². The maximum Gasteiger partial charge on any atom is 0.367 e. The van der Waals surface area contributed by atoms with E-state index in [1.807, 2.05) is 12.2 Å². The molecule has 0 aliphatic rings. The molecule has 0 rings (SSSR count). The van der Waals surface area contributed by atoms with Crippen LogP contribution in [0, 0.1) is 0 Å². The van der Waals surface area contributed by atoms with E-state index in [1.165, 1.54) is 0 Å². The number of halogens is 1. The van der Waals surface area contributed by atoms with Crippen LogP contribution in [-0.2, 0) is 13.6 Å². The lowest BCUT2D eigenvalue weighted by Gasteiger charge is -2.16. The highest BCUT2D eigenvalue weighted by atomic mass is 79.9. The second kappa shape index (κ2) is 8.28. The van der Waals surface area contributed by atoms with Crippen molar-refractivity contribution in [1.29, 1.82) is 0 Å². The summed E-state index contributed by atoms with van der Waals surface area (Å²) >= 11 is 3.25. The Bertz CT molecular complexity index is 253. The Hall–Kier alpha value is 0.110. The normalized spacial score (nSPS) is 12.9. The smallest absolute Gasteiger partial charge is 0.305 e. The van der Waals surface area contributed by atoms with Crippen LogP contribution in [0.2, 0.25) is 0 Å². The second-order valence-corrected chi connectivity index (χ2v) is 6.19. The summed E-state index contributed by atoms with van der Waals surface area (Å²) in [6, 6.07) is 0. The minimum Gasteiger partial charge on any atom is -0.305 e. The molecule has 0 aliphatic carbocycles. The molecule has 0 aromatic rings. The molecule has 0 unspecified atom stereocenters. The molecular weight excluding hydrogens is 279 g/mol. The lowest BCUT2D eigenvalue weighted by Crippen LogP contribution is -1.95. The Morgan fingerprint density at radius 2 is 1.87 bits per heavy atom. The summed E-state index contributed by atoms with van der Waals surface area (Å²) in [6.45, 7) is 7.92. The van der Waals surface area contributed by atoms with Gasteiger partial charge in [0.15, 0.2) is 0 Å². The minimum absolute atomic E-state index is 0.363. The second-order valence-electron chi connectivity index (χ2n) is 2.73. The van der Waals surface area contributed by atoms with E-state index >= 15 is 0 Å². The van der Waals surface area contributed by atoms with E-state index < -0.39 is 7.60 Å². The van der Waals surface area contributed by atoms with Crippen molar-refractivity contribution in [1.82, 2.24) is 0 Å². The largest absolute Gasteiger partial charge is 0.367 e. The number of allylic oxidation sites excluding steroid dienone is 2. The average molecular weight is 297 g/mol. The zero-order valence-corrected chi connectivity index (χ0v) is 11.7. The van der Waals surface area contributed by atoms with Crippen LogP contribution in [0.4, 0.5) is 0 Å². The van der Waals surface area contributed by atoms with Crippen molar-refractivity contribution in [2.45, 2.75) is 26.7 Å². The molecule has 5 heteroatoms. The molecule has 0 atom stereocenters. The van der Waals surface area contributed by atoms with E-state index in [4.69, 9.17) is 9.05 Å². The molecule has 88 valence electrons. The predicted molar refractivity (Wildman–Crippen MR) is 67.3 cm³/mol. The van der Waals surface area contributed by atoms with Crippen molar-refractivity contribution in [3.63, 3.8) is 0 Å². The summed E-state index contributed by atoms with van der Waals surface area (Å²) in [6.07, 6.45) is 5.23. The quantitative estimate of drug-likeness (QED) is 0.377. The zero-order chi connectivity index (χ0) is 11.7. The first-order valence-corrected chi connectivity index (χ1v) is 7.30. The lowest BCUT2D eigenvalue weighted by molar-refractivity contribution is 0.228. The van der Waals surface area contributed by atoms with E-state index in [0.717, 1.165) is 12.8 Å². The summed E-state index contributed by atoms with van der Waals surface area (Å²) in [7, 11) is -3.11. The molecule has 3 nitrogen and oxygen atoms in total. The SMILES string of the molecule is C=CCC/C=C(/Br)P(=O)(OCC)OCC. The molecular formula is C10H18BrO3P. The fourth-order valence-corrected chi connectivity index (χ4v) is 3.13. The van der Waals surface area contributed by atoms with Crippen molar-refractivity contribution in [3.8, 4) is 0 Å². The Balaban J connectivity index is 4.52. The van der Waals surface area contributed by atoms with Crippen molar-refractivity contribution >= 4 is 23.5 Å². The van der Waals surface area contributed by atoms with Crippen molar-refractivity contribution in [2.24, 2.45) is 0 Å². The van der Waals surface area contributed by atoms with Gasteiger partial charge in [0.25, 0.3) is 0 Å². The zero-order valence-electron chi connectivity index (χ0n) is 9.24. The molecule has 0 aromatic heterocycles. The van der Waals surface area contributed by atoms with E-state index in [9.17, 15) is 4.57 Å². The van der Waals surface area contributed by atoms with Gasteiger partial charge in [-0.1, -0.05) is 12.2 Å². The van der Waals surface area contributed by atoms with Gasteiger partial charge < -0.3 is 9.05 Å². The summed E-state index contributed by atoms with van der Waals surface area (Å²) in [5, 5.41) is 0. The summed E-state index contributed by atoms with van der Waals surface area (Å²) in [5.41, 5.74) is 0. The van der Waals surface area contributed by atoms with Crippen LogP contribution in [0.15, 0.2) is 23.0 Å². The number of rotatable bonds is 8. The molecule has 0 heterocycles. The Labute approximate surface area is 100 Å². The Morgan fingerprint density at radius 1 is 1.33 bits per heavy atom.